The monoisotopic (exact) mass is 1770 g/mol. The Morgan fingerprint density at radius 1 is 0.400 bits per heavy atom. The van der Waals surface area contributed by atoms with Gasteiger partial charge in [0.1, 0.15) is 0 Å². The molecule has 2 unspecified atom stereocenters. The summed E-state index contributed by atoms with van der Waals surface area (Å²) in [5.74, 6) is 3.19. The van der Waals surface area contributed by atoms with Crippen molar-refractivity contribution in [1.82, 2.24) is 65.0 Å². The molecule has 15 aliphatic rings. The third kappa shape index (κ3) is 17.6. The van der Waals surface area contributed by atoms with E-state index in [2.05, 4.69) is 181 Å². The van der Waals surface area contributed by atoms with E-state index < -0.39 is 12.8 Å². The molecule has 3 aromatic heterocycles. The van der Waals surface area contributed by atoms with Crippen LogP contribution in [0.1, 0.15) is 96.9 Å². The van der Waals surface area contributed by atoms with Crippen molar-refractivity contribution >= 4 is 145 Å². The van der Waals surface area contributed by atoms with E-state index in [-0.39, 0.29) is 106 Å². The van der Waals surface area contributed by atoms with Crippen LogP contribution in [0.2, 0.25) is 0 Å². The van der Waals surface area contributed by atoms with E-state index in [1.54, 1.807) is 29.7 Å². The lowest BCUT2D eigenvalue weighted by Crippen LogP contribution is -2.47. The number of hydrogen-bond acceptors (Lipinski definition) is 20. The average molecular weight is 1770 g/mol. The van der Waals surface area contributed by atoms with Crippen molar-refractivity contribution < 1.29 is 45.4 Å². The van der Waals surface area contributed by atoms with Gasteiger partial charge >= 0.3 is 0 Å². The molecule has 5 saturated carbocycles. The molecule has 3 aromatic rings. The maximum Gasteiger partial charge on any atom is 0.233 e. The lowest BCUT2D eigenvalue weighted by Gasteiger charge is -2.34. The molecule has 7 saturated heterocycles. The van der Waals surface area contributed by atoms with E-state index in [0.29, 0.717) is 73.6 Å². The van der Waals surface area contributed by atoms with Crippen molar-refractivity contribution in [2.24, 2.45) is 94.7 Å². The minimum atomic E-state index is -0.517. The van der Waals surface area contributed by atoms with E-state index in [0.717, 1.165) is 186 Å². The fraction of sp³-hybridized carbons (Fsp3) is 0.658. The normalized spacial score (nSPS) is 33.6. The van der Waals surface area contributed by atoms with Gasteiger partial charge < -0.3 is 20.0 Å². The largest absolute Gasteiger partial charge is 0.338 e. The van der Waals surface area contributed by atoms with Gasteiger partial charge in [-0.3, -0.25) is 68.2 Å². The molecule has 0 radical (unpaired) electrons. The third-order valence-corrected chi connectivity index (χ3v) is 26.4. The molecule has 7 aliphatic heterocycles. The number of alkyl halides is 3. The highest BCUT2D eigenvalue weighted by Gasteiger charge is 2.62. The number of aromatic nitrogens is 6. The SMILES string of the molecule is BrCCCCBr.Brc1cnc(N2CCNCC2)nc1.O=C1NC(=O)[C@H]2[C@@H]1[C@H]1C=C[C@@H]2C1.O=C1[C@@H]2[C@H](C(=O)N1CCCCBr)[C@@H]1C=C[C@H]2C1.O=C1[C@@H]2[C@H](C(=O)N1CCCCN1CCN(c3ncc(Br)cn3)CC1)[C@@H]1C=C[C@H]2C1.[2H][2H].[2H]c1cnc(N2CCN(CCCCN3C(=O)[C@@H]4[C@H](C3=O)[C@H]3C[C@@H]4C([2H])C3[2H])CC2)nc1. The van der Waals surface area contributed by atoms with Crippen LogP contribution in [-0.4, -0.2) is 229 Å². The van der Waals surface area contributed by atoms with Gasteiger partial charge in [-0.25, -0.2) is 29.9 Å². The molecule has 8 bridgehead atoms. The minimum Gasteiger partial charge on any atom is -0.338 e. The Hall–Kier alpha value is -5.30. The number of unbranched alkanes of at least 4 members (excludes halogenated alkanes) is 4. The van der Waals surface area contributed by atoms with Crippen LogP contribution in [0.5, 0.6) is 0 Å². The topological polar surface area (TPSA) is 264 Å². The molecule has 8 amide bonds. The predicted molar refractivity (Wildman–Crippen MR) is 419 cm³/mol. The maximum absolute atomic E-state index is 12.8. The Balaban J connectivity index is 0.000000130. The Labute approximate surface area is 665 Å². The van der Waals surface area contributed by atoms with Gasteiger partial charge in [0.05, 0.1) is 57.7 Å². The molecule has 105 heavy (non-hydrogen) atoms. The number of nitrogens with one attached hydrogen (secondary N) is 2. The zero-order valence-electron chi connectivity index (χ0n) is 64.4. The van der Waals surface area contributed by atoms with Gasteiger partial charge in [0.15, 0.2) is 0 Å². The second kappa shape index (κ2) is 36.5. The van der Waals surface area contributed by atoms with Crippen LogP contribution in [0.15, 0.2) is 88.6 Å². The standard InChI is InChI=1S/C21H26BrN5O2.C21H29N5O2.C13H16BrNO2.C9H9NO2.C8H11BrN4.C4H8Br2.H2/c22-16-12-23-21(24-13-16)26-9-7-25(8-10-26)5-1-2-6-27-19(28)17-14-3-4-15(11-14)18(17)20(27)29;27-19-17-15-4-5-16(14-15)18(17)20(28)26(19)9-2-1-8-24-10-12-25(13-11-24)21-22-6-3-7-23-21;14-5-1-2-6-15-12(16)10-8-3-4-9(7-8)11(10)13(15)17;11-8-6-4-1-2-5(3-4)7(6)9(12)10-8;9-7-5-11-8(12-6-7)13-3-1-10-2-4-13;5-3-1-2-4-6;/h3-4,12-15,17-18H,1-2,5-11H2;3,6-7,15-18H,1-2,4-5,8-14H2;3-4,8-11H,1-2,5-7H2;1-2,4-7H,3H2,(H,10,11,12);5-6,10H,1-4H2;1-4H2;1H/t14-,15+,17-,18+;15-,16+,17-,18+;8-,9+,10-,11+;4-,5+,6-,7+;;;/i;3D,4D,5D;;;;;1+1D/t;4?,5?,15-,16+,17-,18+;;;;;. The van der Waals surface area contributed by atoms with Gasteiger partial charge in [-0.05, 0) is 188 Å². The van der Waals surface area contributed by atoms with Crippen LogP contribution in [-0.2, 0) is 38.4 Å². The summed E-state index contributed by atoms with van der Waals surface area (Å²) in [6, 6.07) is 0.313. The van der Waals surface area contributed by atoms with Crippen molar-refractivity contribution in [1.29, 1.82) is 0 Å². The quantitative estimate of drug-likeness (QED) is 0.0463. The highest BCUT2D eigenvalue weighted by atomic mass is 79.9. The summed E-state index contributed by atoms with van der Waals surface area (Å²) in [6.07, 6.45) is 33.7. The van der Waals surface area contributed by atoms with Crippen molar-refractivity contribution in [2.45, 2.75) is 89.8 Å². The molecule has 24 nitrogen and oxygen atoms in total. The summed E-state index contributed by atoms with van der Waals surface area (Å²) in [6.45, 7) is 14.9. The Morgan fingerprint density at radius 3 is 1.07 bits per heavy atom. The summed E-state index contributed by atoms with van der Waals surface area (Å²) in [5, 5.41) is 8.90. The highest BCUT2D eigenvalue weighted by Crippen LogP contribution is 2.57. The summed E-state index contributed by atoms with van der Waals surface area (Å²) in [7, 11) is 0. The molecule has 12 fully saturated rings. The maximum atomic E-state index is 12.8. The van der Waals surface area contributed by atoms with Crippen LogP contribution < -0.4 is 25.3 Å². The van der Waals surface area contributed by atoms with Gasteiger partial charge in [0, 0.05) is 157 Å². The van der Waals surface area contributed by atoms with Gasteiger partial charge in [-0.2, -0.15) is 0 Å². The van der Waals surface area contributed by atoms with Crippen LogP contribution in [0.25, 0.3) is 0 Å². The second-order valence-electron chi connectivity index (χ2n) is 30.0. The molecule has 29 heteroatoms. The Bertz CT molecular complexity index is 3670. The van der Waals surface area contributed by atoms with Crippen molar-refractivity contribution in [3.05, 3.63) is 88.6 Å². The number of piperazine rings is 3. The number of fused-ring (bicyclic) bond motifs is 20. The number of halogens is 5. The molecule has 8 aliphatic carbocycles. The van der Waals surface area contributed by atoms with Crippen molar-refractivity contribution in [3.63, 3.8) is 0 Å². The first-order valence-corrected chi connectivity index (χ1v) is 42.9. The molecule has 0 spiro atoms. The zero-order chi connectivity index (χ0) is 77.9. The van der Waals surface area contributed by atoms with Gasteiger partial charge in [-0.15, -0.1) is 0 Å². The first-order valence-electron chi connectivity index (χ1n) is 40.6. The van der Waals surface area contributed by atoms with Gasteiger partial charge in [0.2, 0.25) is 65.1 Å². The molecule has 2 N–H and O–H groups in total. The number of likely N-dealkylation sites (tertiary alicyclic amines) is 3. The molecular weight excluding hydrogens is 1660 g/mol. The van der Waals surface area contributed by atoms with Crippen LogP contribution >= 0.6 is 79.6 Å². The first kappa shape index (κ1) is 72.6. The lowest BCUT2D eigenvalue weighted by atomic mass is 9.81. The summed E-state index contributed by atoms with van der Waals surface area (Å²) in [5.41, 5.74) is 0. The fourth-order valence-electron chi connectivity index (χ4n) is 18.7. The van der Waals surface area contributed by atoms with E-state index in [1.165, 1.54) is 35.0 Å². The summed E-state index contributed by atoms with van der Waals surface area (Å²) < 4.78 is 35.6. The first-order chi connectivity index (χ1) is 53.3. The predicted octanol–water partition coefficient (Wildman–Crippen LogP) is 8.86. The third-order valence-electron chi connectivity index (χ3n) is 23.9. The number of amides is 8. The van der Waals surface area contributed by atoms with E-state index in [9.17, 15) is 38.4 Å². The minimum absolute atomic E-state index is 0.0264. The Kier molecular flexibility index (Phi) is 25.2. The van der Waals surface area contributed by atoms with E-state index >= 15 is 0 Å². The van der Waals surface area contributed by atoms with E-state index in [1.807, 2.05) is 0 Å². The van der Waals surface area contributed by atoms with E-state index in [4.69, 9.17) is 7.08 Å². The van der Waals surface area contributed by atoms with Crippen LogP contribution in [0, 0.1) is 94.7 Å². The van der Waals surface area contributed by atoms with Crippen LogP contribution in [0.4, 0.5) is 17.8 Å². The number of imide groups is 4. The molecule has 10 heterocycles. The number of anilines is 3. The zero-order valence-corrected chi connectivity index (χ0v) is 67.3. The molecule has 18 rings (SSSR count). The highest BCUT2D eigenvalue weighted by molar-refractivity contribution is 9.11. The molecule has 568 valence electrons. The Morgan fingerprint density at radius 2 is 0.705 bits per heavy atom. The summed E-state index contributed by atoms with van der Waals surface area (Å²) >= 11 is 16.7. The van der Waals surface area contributed by atoms with Gasteiger partial charge in [0.25, 0.3) is 0 Å². The van der Waals surface area contributed by atoms with Crippen molar-refractivity contribution in [2.75, 3.05) is 142 Å². The molecular formula is C76H101Br5N16O8. The smallest absolute Gasteiger partial charge is 0.233 e. The number of allylic oxidation sites excluding steroid dienone is 6. The lowest BCUT2D eigenvalue weighted by molar-refractivity contribution is -0.142. The summed E-state index contributed by atoms with van der Waals surface area (Å²) in [4.78, 5) is 140. The fourth-order valence-corrected chi connectivity index (χ4v) is 20.3. The van der Waals surface area contributed by atoms with Crippen LogP contribution in [0.3, 0.4) is 0 Å². The number of nitrogens with zero attached hydrogens (tertiary/aromatic N) is 14. The number of carbonyl (C=O) groups excluding carboxylic acids is 8. The average Bonchev–Trinajstić information content (AvgIpc) is 1.56. The second-order valence-corrected chi connectivity index (χ2v) is 34.2. The number of rotatable bonds is 20. The van der Waals surface area contributed by atoms with Crippen molar-refractivity contribution in [3.8, 4) is 0 Å². The molecule has 0 aromatic carbocycles. The molecule has 18 atom stereocenters. The number of carbonyl (C=O) groups is 8. The van der Waals surface area contributed by atoms with Gasteiger partial charge in [-0.1, -0.05) is 84.2 Å². The number of hydrogen-bond donors (Lipinski definition) is 2.